The van der Waals surface area contributed by atoms with Gasteiger partial charge in [-0.25, -0.2) is 14.4 Å². The van der Waals surface area contributed by atoms with E-state index in [1.165, 1.54) is 74.7 Å². The van der Waals surface area contributed by atoms with Gasteiger partial charge in [0.2, 0.25) is 0 Å². The van der Waals surface area contributed by atoms with E-state index in [1.54, 1.807) is 159 Å². The number of aldehydes is 1. The SMILES string of the molecule is Brc1cncc(CNCC2CCCC2)c1.C.C.C.C.CC(C)(C)OC(=O)N(Cc1cncc(Br)c1)CC1CCCC1.CC(C)(C)OC(=O)OC(=O)OC(C)(C)C.CO.COc1cncc(Br)c1.NCc1cncc(Br)c1.O=C1NC(=O)c2ccccc21.O=C1c2ccccc2C(=O)N1Cc1cncc(Br)c1.O=CC1CCCC1.OCc1cncc(Br)c1.[B].[CH2-]CC.[H-].[I][V]([I])[I].[Na+]. The van der Waals surface area contributed by atoms with Crippen LogP contribution in [-0.4, -0.2) is 151 Å². The number of methoxy groups -OCH3 is 1. The van der Waals surface area contributed by atoms with Gasteiger partial charge in [-0.2, -0.15) is 6.42 Å². The van der Waals surface area contributed by atoms with E-state index in [-0.39, 0.29) is 117 Å². The topological polar surface area (TPSA) is 357 Å². The number of rotatable bonds is 14. The summed E-state index contributed by atoms with van der Waals surface area (Å²) >= 11 is 27.3. The molecule has 0 atom stereocenters. The monoisotopic (exact) mass is 2580 g/mol. The van der Waals surface area contributed by atoms with E-state index in [4.69, 9.17) is 34.9 Å². The predicted molar refractivity (Wildman–Crippen MR) is 564 cm³/mol. The van der Waals surface area contributed by atoms with E-state index < -0.39 is 29.1 Å². The fraction of sp³-hybridized carbons (Fsp3) is 0.452. The summed E-state index contributed by atoms with van der Waals surface area (Å²) in [6.45, 7) is 25.5. The maximum absolute atomic E-state index is 12.5. The summed E-state index contributed by atoms with van der Waals surface area (Å²) in [5, 5.41) is 21.3. The molecular weight excluding hydrogens is 2460 g/mol. The van der Waals surface area contributed by atoms with Gasteiger partial charge in [0.25, 0.3) is 23.6 Å². The quantitative estimate of drug-likeness (QED) is 0.00986. The van der Waals surface area contributed by atoms with Crippen LogP contribution in [0, 0.1) is 24.7 Å². The molecule has 8 heterocycles. The summed E-state index contributed by atoms with van der Waals surface area (Å²) in [5.41, 5.74) is 10.3. The second-order valence-corrected chi connectivity index (χ2v) is 71.6. The molecule has 3 aliphatic carbocycles. The van der Waals surface area contributed by atoms with Crippen LogP contribution in [0.25, 0.3) is 0 Å². The van der Waals surface area contributed by atoms with Crippen molar-refractivity contribution in [3.05, 3.63) is 243 Å². The number of imide groups is 2. The second-order valence-electron chi connectivity index (χ2n) is 30.7. The van der Waals surface area contributed by atoms with Gasteiger partial charge < -0.3 is 63.0 Å². The van der Waals surface area contributed by atoms with Crippen molar-refractivity contribution < 1.29 is 108 Å². The molecule has 3 radical (unpaired) electrons. The number of hydrogen-bond acceptors (Lipinski definition) is 23. The molecule has 6 aromatic heterocycles. The number of nitrogens with one attached hydrogen (secondary N) is 2. The molecule has 0 unspecified atom stereocenters. The standard InChI is InChI=1S/C17H25BrN2O2.C14H9BrN2O2.C12H17BrN2.C10H18O5.C8H5NO2.C6H7BrN2.2C6H6BrNO.C6H10O.C3H7.CH4O.4CH4.B.3HI.Na.V.H/c1-17(2,3)22-16(21)20(11-13-6-4-5-7-13)12-14-8-15(18)10-19-9-14;15-10-5-9(6-16-7-10)8-17-13(18)11-3-1-2-4-12(11)14(17)19;13-12-5-11(8-15-9-12)7-14-6-10-3-1-2-4-10;1-9(2,3)14-7(11)13-8(12)15-10(4,5)6;10-7-5-3-1-2-4-6(5)8(11)9-7;7-6-1-5(2-8)3-9-4-6;1-9-6-2-5(7)3-8-4-6;7-6-1-5(4-9)2-8-3-6;7-5-6-3-1-2-4-6;1-3-2;1-2;;;;;;;;;;;/h8-10,13H,4-7,11-12H2,1-3H3;1-7H,8H2;5,8-10,14H,1-4,6-7H2;1-6H3;1-4H,(H,9,10,11);1,3-4H,2,8H2;2-4H,1H3;1-3,9H,4H2;5-6H,1-4H2;1,3H2,2H3;2H,1H3;4*1H4;;3*1H;;;/q;;;;;;;;;-1;;;;;;;;;;+1;+3;-1/p-3. The molecule has 5 amide bonds. The minimum Gasteiger partial charge on any atom is 1.00 e. The Labute approximate surface area is 891 Å². The van der Waals surface area contributed by atoms with Gasteiger partial charge in [0.05, 0.1) is 55.3 Å². The molecule has 0 spiro atoms. The van der Waals surface area contributed by atoms with Crippen LogP contribution >= 0.6 is 156 Å². The Kier molecular flexibility index (Phi) is 78.0. The smallest absolute Gasteiger partial charge is 1.00 e. The molecule has 0 bridgehead atoms. The Morgan fingerprint density at radius 3 is 1.24 bits per heavy atom. The van der Waals surface area contributed by atoms with Crippen LogP contribution in [0.4, 0.5) is 14.4 Å². The molecular formula is C93H131BBr6I3N11NaO15V-. The van der Waals surface area contributed by atoms with Crippen LogP contribution in [0.1, 0.15) is 253 Å². The third-order valence-corrected chi connectivity index (χ3v) is 19.4. The maximum Gasteiger partial charge on any atom is 1.00 e. The molecule has 3 fully saturated rings. The largest absolute Gasteiger partial charge is 1.00 e. The van der Waals surface area contributed by atoms with Crippen molar-refractivity contribution in [2.24, 2.45) is 23.5 Å². The summed E-state index contributed by atoms with van der Waals surface area (Å²) in [4.78, 5) is 118. The third-order valence-electron chi connectivity index (χ3n) is 16.8. The predicted octanol–water partition coefficient (Wildman–Crippen LogP) is 22.6. The van der Waals surface area contributed by atoms with Crippen LogP contribution in [-0.2, 0) is 61.4 Å². The van der Waals surface area contributed by atoms with Crippen molar-refractivity contribution in [1.82, 2.24) is 50.3 Å². The van der Waals surface area contributed by atoms with Crippen LogP contribution in [0.3, 0.4) is 0 Å². The summed E-state index contributed by atoms with van der Waals surface area (Å²) < 4.78 is 29.9. The van der Waals surface area contributed by atoms with Crippen LogP contribution in [0.5, 0.6) is 5.75 Å². The molecule has 5 aliphatic rings. The van der Waals surface area contributed by atoms with Crippen LogP contribution in [0.2, 0.25) is 0 Å². The van der Waals surface area contributed by atoms with E-state index in [1.807, 2.05) is 75.3 Å². The zero-order valence-corrected chi connectivity index (χ0v) is 93.3. The number of fused-ring (bicyclic) bond motifs is 2. The number of nitrogens with two attached hydrogens (primary N) is 1. The maximum atomic E-state index is 12.5. The molecule has 38 heteroatoms. The Hall–Kier alpha value is -4.34. The molecule has 8 aromatic rings. The Morgan fingerprint density at radius 2 is 0.893 bits per heavy atom. The molecule has 26 nitrogen and oxygen atoms in total. The first-order valence-electron chi connectivity index (χ1n) is 39.8. The molecule has 6 N–H and O–H groups in total. The van der Waals surface area contributed by atoms with E-state index in [0.717, 1.165) is 113 Å². The number of aliphatic hydroxyl groups excluding tert-OH is 2. The molecule has 13 rings (SSSR count). The van der Waals surface area contributed by atoms with Gasteiger partial charge in [0.15, 0.2) is 0 Å². The molecule has 721 valence electrons. The zero-order chi connectivity index (χ0) is 93.7. The van der Waals surface area contributed by atoms with Gasteiger partial charge in [-0.15, -0.1) is 0 Å². The first-order valence-corrected chi connectivity index (χ1v) is 58.1. The summed E-state index contributed by atoms with van der Waals surface area (Å²) in [6, 6.07) is 25.2. The van der Waals surface area contributed by atoms with Crippen molar-refractivity contribution in [2.75, 3.05) is 27.3 Å². The van der Waals surface area contributed by atoms with Crippen molar-refractivity contribution in [3.63, 3.8) is 0 Å². The van der Waals surface area contributed by atoms with Crippen molar-refractivity contribution in [3.8, 4) is 5.75 Å². The number of nitrogens with zero attached hydrogens (tertiary/aromatic N) is 8. The third kappa shape index (κ3) is 62.3. The van der Waals surface area contributed by atoms with E-state index in [9.17, 15) is 38.4 Å². The minimum absolute atomic E-state index is 0. The van der Waals surface area contributed by atoms with Crippen LogP contribution in [0.15, 0.2) is 186 Å². The number of halogens is 9. The summed E-state index contributed by atoms with van der Waals surface area (Å²) in [7, 11) is 2.61. The first-order chi connectivity index (χ1) is 59.2. The van der Waals surface area contributed by atoms with Crippen molar-refractivity contribution in [1.29, 1.82) is 0 Å². The number of aliphatic hydroxyl groups is 2. The zero-order valence-electron chi connectivity index (χ0n) is 75.0. The number of benzene rings is 2. The Morgan fingerprint density at radius 1 is 0.557 bits per heavy atom. The van der Waals surface area contributed by atoms with Crippen LogP contribution < -0.4 is 50.7 Å². The van der Waals surface area contributed by atoms with E-state index in [2.05, 4.69) is 214 Å². The second kappa shape index (κ2) is 75.7. The van der Waals surface area contributed by atoms with E-state index >= 15 is 0 Å². The fourth-order valence-corrected chi connectivity index (χ4v) is 13.9. The van der Waals surface area contributed by atoms with Gasteiger partial charge in [-0.3, -0.25) is 59.3 Å². The average Bonchev–Trinajstić information content (AvgIpc) is 1.64. The summed E-state index contributed by atoms with van der Waals surface area (Å²) in [6.07, 6.45) is 35.9. The average molecular weight is 2590 g/mol. The number of carbonyl (C=O) groups is 8. The van der Waals surface area contributed by atoms with Gasteiger partial charge >= 0.3 is 113 Å². The Bertz CT molecular complexity index is 4380. The van der Waals surface area contributed by atoms with Gasteiger partial charge in [-0.05, 0) is 303 Å². The minimum atomic E-state index is -1.06. The van der Waals surface area contributed by atoms with E-state index in [0.29, 0.717) is 47.2 Å². The number of pyridine rings is 6. The van der Waals surface area contributed by atoms with Gasteiger partial charge in [0, 0.05) is 136 Å². The molecule has 2 aliphatic heterocycles. The Balaban J connectivity index is -0.000000338. The number of aromatic nitrogens is 6. The molecule has 131 heavy (non-hydrogen) atoms. The fourth-order valence-electron chi connectivity index (χ4n) is 11.5. The number of hydrogen-bond donors (Lipinski definition) is 5. The first kappa shape index (κ1) is 135. The van der Waals surface area contributed by atoms with Crippen molar-refractivity contribution >= 4 is 212 Å². The molecule has 3 saturated carbocycles. The molecule has 0 saturated heterocycles. The number of ether oxygens (including phenoxy) is 5. The normalized spacial score (nSPS) is 12.8. The van der Waals surface area contributed by atoms with Crippen molar-refractivity contribution in [2.45, 2.75) is 232 Å². The summed E-state index contributed by atoms with van der Waals surface area (Å²) in [5.74, 6) is 1.58. The number of carbonyl (C=O) groups excluding carboxylic acids is 8. The van der Waals surface area contributed by atoms with Gasteiger partial charge in [-0.1, -0.05) is 99.4 Å². The number of amides is 5. The molecule has 2 aromatic carbocycles. The van der Waals surface area contributed by atoms with Gasteiger partial charge in [0.1, 0.15) is 28.8 Å².